The molecule has 0 aliphatic carbocycles. The van der Waals surface area contributed by atoms with E-state index < -0.39 is 0 Å². The van der Waals surface area contributed by atoms with Crippen LogP contribution in [0.15, 0.2) is 65.9 Å². The van der Waals surface area contributed by atoms with Crippen LogP contribution >= 0.6 is 23.8 Å². The minimum Gasteiger partial charge on any atom is -0.342 e. The maximum absolute atomic E-state index is 13.8. The normalized spacial score (nSPS) is 10.9. The van der Waals surface area contributed by atoms with Crippen molar-refractivity contribution in [3.63, 3.8) is 0 Å². The fraction of sp³-hybridized carbons (Fsp3) is 0.100. The summed E-state index contributed by atoms with van der Waals surface area (Å²) >= 11 is 11.4. The van der Waals surface area contributed by atoms with E-state index >= 15 is 0 Å². The van der Waals surface area contributed by atoms with E-state index in [1.807, 2.05) is 54.1 Å². The van der Waals surface area contributed by atoms with Gasteiger partial charge in [-0.1, -0.05) is 35.9 Å². The Bertz CT molecular complexity index is 984. The zero-order chi connectivity index (χ0) is 19.2. The number of benzene rings is 2. The number of nitrogens with one attached hydrogen (secondary N) is 2. The van der Waals surface area contributed by atoms with E-state index in [-0.39, 0.29) is 5.82 Å². The number of hydrogen-bond donors (Lipinski definition) is 2. The summed E-state index contributed by atoms with van der Waals surface area (Å²) in [6.07, 6.45) is 3.51. The molecule has 138 valence electrons. The van der Waals surface area contributed by atoms with E-state index in [2.05, 4.69) is 15.8 Å². The molecule has 4 nitrogen and oxygen atoms in total. The largest absolute Gasteiger partial charge is 0.342 e. The summed E-state index contributed by atoms with van der Waals surface area (Å²) in [6, 6.07) is 16.0. The Kier molecular flexibility index (Phi) is 6.21. The van der Waals surface area contributed by atoms with Gasteiger partial charge < -0.3 is 9.88 Å². The lowest BCUT2D eigenvalue weighted by Crippen LogP contribution is -2.24. The first-order valence-corrected chi connectivity index (χ1v) is 9.07. The molecular formula is C20H18ClFN4S. The van der Waals surface area contributed by atoms with Gasteiger partial charge in [-0.25, -0.2) is 4.39 Å². The zero-order valence-corrected chi connectivity index (χ0v) is 16.2. The molecule has 2 aromatic carbocycles. The molecule has 1 heterocycles. The summed E-state index contributed by atoms with van der Waals surface area (Å²) < 4.78 is 15.7. The van der Waals surface area contributed by atoms with E-state index in [0.717, 1.165) is 16.9 Å². The van der Waals surface area contributed by atoms with Gasteiger partial charge in [0.05, 0.1) is 18.5 Å². The standard InChI is InChI=1S/C20H18ClFN4S/c1-14-17(21)8-4-10-19(14)24-20(27)25-23-12-16-7-5-11-26(16)13-15-6-2-3-9-18(15)22/h2-12H,13H2,1H3,(H2,24,25,27)/b23-12+. The van der Waals surface area contributed by atoms with Crippen molar-refractivity contribution in [3.8, 4) is 0 Å². The van der Waals surface area contributed by atoms with E-state index in [1.54, 1.807) is 18.3 Å². The highest BCUT2D eigenvalue weighted by atomic mass is 35.5. The monoisotopic (exact) mass is 400 g/mol. The third-order valence-electron chi connectivity index (χ3n) is 4.04. The van der Waals surface area contributed by atoms with Gasteiger partial charge in [0.2, 0.25) is 0 Å². The molecule has 3 aromatic rings. The molecule has 0 saturated heterocycles. The van der Waals surface area contributed by atoms with Crippen LogP contribution in [0, 0.1) is 12.7 Å². The third kappa shape index (κ3) is 4.93. The summed E-state index contributed by atoms with van der Waals surface area (Å²) in [5, 5.41) is 8.23. The number of thiocarbonyl (C=S) groups is 1. The van der Waals surface area contributed by atoms with Crippen LogP contribution in [-0.2, 0) is 6.54 Å². The summed E-state index contributed by atoms with van der Waals surface area (Å²) in [7, 11) is 0. The SMILES string of the molecule is Cc1c(Cl)cccc1NC(=S)N/N=C/c1cccn1Cc1ccccc1F. The van der Waals surface area contributed by atoms with E-state index in [9.17, 15) is 4.39 Å². The molecule has 0 unspecified atom stereocenters. The molecule has 3 rings (SSSR count). The van der Waals surface area contributed by atoms with Crippen molar-refractivity contribution in [3.05, 3.63) is 88.5 Å². The van der Waals surface area contributed by atoms with Crippen molar-refractivity contribution in [2.75, 3.05) is 5.32 Å². The van der Waals surface area contributed by atoms with Gasteiger partial charge >= 0.3 is 0 Å². The van der Waals surface area contributed by atoms with Crippen molar-refractivity contribution in [2.24, 2.45) is 5.10 Å². The smallest absolute Gasteiger partial charge is 0.191 e. The van der Waals surface area contributed by atoms with Gasteiger partial charge in [-0.2, -0.15) is 5.10 Å². The van der Waals surface area contributed by atoms with Gasteiger partial charge in [-0.3, -0.25) is 5.43 Å². The molecule has 2 N–H and O–H groups in total. The zero-order valence-electron chi connectivity index (χ0n) is 14.6. The molecule has 0 fully saturated rings. The average molecular weight is 401 g/mol. The first kappa shape index (κ1) is 19.1. The molecular weight excluding hydrogens is 383 g/mol. The number of aromatic nitrogens is 1. The van der Waals surface area contributed by atoms with Gasteiger partial charge in [0, 0.05) is 22.5 Å². The van der Waals surface area contributed by atoms with Crippen molar-refractivity contribution < 1.29 is 4.39 Å². The highest BCUT2D eigenvalue weighted by Gasteiger charge is 2.05. The Hall–Kier alpha value is -2.70. The Labute approximate surface area is 167 Å². The molecule has 1 aromatic heterocycles. The van der Waals surface area contributed by atoms with Crippen molar-refractivity contribution >= 4 is 40.8 Å². The highest BCUT2D eigenvalue weighted by molar-refractivity contribution is 7.80. The van der Waals surface area contributed by atoms with Crippen LogP contribution in [0.4, 0.5) is 10.1 Å². The van der Waals surface area contributed by atoms with Crippen LogP contribution in [0.2, 0.25) is 5.02 Å². The van der Waals surface area contributed by atoms with Crippen molar-refractivity contribution in [2.45, 2.75) is 13.5 Å². The number of anilines is 1. The Morgan fingerprint density at radius 2 is 2.00 bits per heavy atom. The molecule has 0 bridgehead atoms. The Balaban J connectivity index is 1.62. The fourth-order valence-corrected chi connectivity index (χ4v) is 2.89. The van der Waals surface area contributed by atoms with Crippen LogP contribution < -0.4 is 10.7 Å². The highest BCUT2D eigenvalue weighted by Crippen LogP contribution is 2.22. The molecule has 0 saturated carbocycles. The first-order valence-electron chi connectivity index (χ1n) is 8.28. The third-order valence-corrected chi connectivity index (χ3v) is 4.64. The summed E-state index contributed by atoms with van der Waals surface area (Å²) in [6.45, 7) is 2.33. The number of nitrogens with zero attached hydrogens (tertiary/aromatic N) is 2. The first-order chi connectivity index (χ1) is 13.0. The second kappa shape index (κ2) is 8.79. The Morgan fingerprint density at radius 1 is 1.19 bits per heavy atom. The predicted octanol–water partition coefficient (Wildman–Crippen LogP) is 4.96. The van der Waals surface area contributed by atoms with Gasteiger partial charge in [0.25, 0.3) is 0 Å². The van der Waals surface area contributed by atoms with Crippen LogP contribution in [0.25, 0.3) is 0 Å². The average Bonchev–Trinajstić information content (AvgIpc) is 3.08. The molecule has 0 aliphatic rings. The number of rotatable bonds is 5. The van der Waals surface area contributed by atoms with Crippen molar-refractivity contribution in [1.82, 2.24) is 9.99 Å². The van der Waals surface area contributed by atoms with E-state index in [0.29, 0.717) is 22.2 Å². The summed E-state index contributed by atoms with van der Waals surface area (Å²) in [5.74, 6) is -0.227. The van der Waals surface area contributed by atoms with Gasteiger partial charge in [0.15, 0.2) is 5.11 Å². The lowest BCUT2D eigenvalue weighted by atomic mass is 10.2. The number of hydrogen-bond acceptors (Lipinski definition) is 2. The van der Waals surface area contributed by atoms with Crippen LogP contribution in [0.5, 0.6) is 0 Å². The summed E-state index contributed by atoms with van der Waals surface area (Å²) in [4.78, 5) is 0. The summed E-state index contributed by atoms with van der Waals surface area (Å²) in [5.41, 5.74) is 5.95. The van der Waals surface area contributed by atoms with Crippen molar-refractivity contribution in [1.29, 1.82) is 0 Å². The maximum Gasteiger partial charge on any atom is 0.191 e. The lowest BCUT2D eigenvalue weighted by molar-refractivity contribution is 0.599. The van der Waals surface area contributed by atoms with E-state index in [4.69, 9.17) is 23.8 Å². The molecule has 0 atom stereocenters. The van der Waals surface area contributed by atoms with Crippen LogP contribution in [-0.4, -0.2) is 15.9 Å². The van der Waals surface area contributed by atoms with Crippen LogP contribution in [0.3, 0.4) is 0 Å². The van der Waals surface area contributed by atoms with Gasteiger partial charge in [0.1, 0.15) is 5.82 Å². The second-order valence-corrected chi connectivity index (χ2v) is 6.70. The van der Waals surface area contributed by atoms with E-state index in [1.165, 1.54) is 6.07 Å². The molecule has 27 heavy (non-hydrogen) atoms. The van der Waals surface area contributed by atoms with Gasteiger partial charge in [-0.05, 0) is 55.0 Å². The minimum absolute atomic E-state index is 0.227. The molecule has 7 heteroatoms. The fourth-order valence-electron chi connectivity index (χ4n) is 2.55. The minimum atomic E-state index is -0.227. The quantitative estimate of drug-likeness (QED) is 0.361. The molecule has 0 amide bonds. The molecule has 0 radical (unpaired) electrons. The second-order valence-electron chi connectivity index (χ2n) is 5.89. The molecule has 0 aliphatic heterocycles. The Morgan fingerprint density at radius 3 is 2.81 bits per heavy atom. The molecule has 0 spiro atoms. The predicted molar refractivity (Wildman–Crippen MR) is 113 cm³/mol. The maximum atomic E-state index is 13.8. The number of hydrazone groups is 1. The lowest BCUT2D eigenvalue weighted by Gasteiger charge is -2.11. The van der Waals surface area contributed by atoms with Gasteiger partial charge in [-0.15, -0.1) is 0 Å². The number of halogens is 2. The topological polar surface area (TPSA) is 41.4 Å². The van der Waals surface area contributed by atoms with Crippen LogP contribution in [0.1, 0.15) is 16.8 Å².